The van der Waals surface area contributed by atoms with Crippen LogP contribution in [0.3, 0.4) is 0 Å². The van der Waals surface area contributed by atoms with Crippen LogP contribution in [0.5, 0.6) is 5.75 Å². The molecule has 0 N–H and O–H groups in total. The molecule has 0 spiro atoms. The Hall–Kier alpha value is -2.82. The van der Waals surface area contributed by atoms with Gasteiger partial charge in [0.1, 0.15) is 17.5 Å². The van der Waals surface area contributed by atoms with Crippen molar-refractivity contribution >= 4 is 29.1 Å². The molecule has 0 saturated carbocycles. The molecule has 1 aromatic carbocycles. The number of hydrogen-bond acceptors (Lipinski definition) is 6. The van der Waals surface area contributed by atoms with Crippen molar-refractivity contribution in [3.63, 3.8) is 0 Å². The van der Waals surface area contributed by atoms with E-state index in [1.165, 1.54) is 18.3 Å². The summed E-state index contributed by atoms with van der Waals surface area (Å²) in [6, 6.07) is 6.78. The van der Waals surface area contributed by atoms with Crippen LogP contribution < -0.4 is 4.74 Å². The molecule has 0 radical (unpaired) electrons. The van der Waals surface area contributed by atoms with Crippen molar-refractivity contribution in [2.75, 3.05) is 13.2 Å². The van der Waals surface area contributed by atoms with Gasteiger partial charge in [0.25, 0.3) is 5.91 Å². The number of halogens is 4. The first-order valence-corrected chi connectivity index (χ1v) is 10.4. The van der Waals surface area contributed by atoms with Gasteiger partial charge in [0, 0.05) is 18.8 Å². The Kier molecular flexibility index (Phi) is 5.44. The van der Waals surface area contributed by atoms with Crippen molar-refractivity contribution in [1.82, 2.24) is 24.6 Å². The second kappa shape index (κ2) is 8.27. The Bertz CT molecular complexity index is 1190. The van der Waals surface area contributed by atoms with Gasteiger partial charge in [-0.3, -0.25) is 9.78 Å². The van der Waals surface area contributed by atoms with Crippen molar-refractivity contribution < 1.29 is 23.0 Å². The number of amides is 1. The number of rotatable bonds is 4. The zero-order valence-corrected chi connectivity index (χ0v) is 17.8. The number of benzene rings is 1. The van der Waals surface area contributed by atoms with Crippen LogP contribution in [0.25, 0.3) is 11.5 Å². The number of carbonyl (C=O) groups excluding carboxylic acids is 1. The standard InChI is InChI=1S/C20H15Cl2F2N5O3/c21-13-3-1-2-12(16(13)22)19(30)29-10-7-28-17(26-27-18(28)15(29)9-31-8-10)14-6-11(4-5-25-14)32-20(23)24/h1-6,10,15,20H,7-9H2/t10-,15-/m1/s1. The molecule has 2 atom stereocenters. The SMILES string of the molecule is O=C(c1cccc(Cl)c1Cl)N1[C@H]2COC[C@@H]1c1nnc(-c3cc(OC(F)F)ccn3)n1C2. The van der Waals surface area contributed by atoms with Gasteiger partial charge in [-0.05, 0) is 18.2 Å². The van der Waals surface area contributed by atoms with Crippen molar-refractivity contribution in [2.24, 2.45) is 0 Å². The summed E-state index contributed by atoms with van der Waals surface area (Å²) in [4.78, 5) is 19.3. The maximum atomic E-state index is 13.4. The number of aromatic nitrogens is 4. The topological polar surface area (TPSA) is 82.4 Å². The molecule has 4 heterocycles. The lowest BCUT2D eigenvalue weighted by atomic mass is 10.0. The van der Waals surface area contributed by atoms with E-state index in [0.29, 0.717) is 41.1 Å². The summed E-state index contributed by atoms with van der Waals surface area (Å²) < 4.78 is 37.2. The Labute approximate surface area is 190 Å². The summed E-state index contributed by atoms with van der Waals surface area (Å²) >= 11 is 12.4. The highest BCUT2D eigenvalue weighted by Crippen LogP contribution is 2.37. The summed E-state index contributed by atoms with van der Waals surface area (Å²) in [5, 5.41) is 8.95. The summed E-state index contributed by atoms with van der Waals surface area (Å²) in [5.41, 5.74) is 0.626. The lowest BCUT2D eigenvalue weighted by Gasteiger charge is -2.45. The van der Waals surface area contributed by atoms with Gasteiger partial charge in [-0.2, -0.15) is 8.78 Å². The van der Waals surface area contributed by atoms with Gasteiger partial charge in [-0.15, -0.1) is 10.2 Å². The lowest BCUT2D eigenvalue weighted by molar-refractivity contribution is -0.0569. The van der Waals surface area contributed by atoms with Crippen molar-refractivity contribution in [3.05, 3.63) is 58.0 Å². The number of nitrogens with zero attached hydrogens (tertiary/aromatic N) is 5. The number of morpholine rings is 1. The molecule has 2 aliphatic rings. The molecule has 0 aliphatic carbocycles. The number of alkyl halides is 2. The van der Waals surface area contributed by atoms with Crippen molar-refractivity contribution in [3.8, 4) is 17.3 Å². The normalized spacial score (nSPS) is 19.7. The fraction of sp³-hybridized carbons (Fsp3) is 0.300. The van der Waals surface area contributed by atoms with E-state index in [9.17, 15) is 13.6 Å². The Balaban J connectivity index is 1.51. The third kappa shape index (κ3) is 3.58. The molecule has 1 fully saturated rings. The zero-order chi connectivity index (χ0) is 22.4. The van der Waals surface area contributed by atoms with E-state index in [2.05, 4.69) is 19.9 Å². The van der Waals surface area contributed by atoms with Gasteiger partial charge in [-0.1, -0.05) is 29.3 Å². The largest absolute Gasteiger partial charge is 0.435 e. The minimum absolute atomic E-state index is 0.0333. The van der Waals surface area contributed by atoms with E-state index >= 15 is 0 Å². The molecule has 2 aliphatic heterocycles. The highest BCUT2D eigenvalue weighted by molar-refractivity contribution is 6.43. The molecule has 2 aromatic heterocycles. The maximum absolute atomic E-state index is 13.4. The second-order valence-electron chi connectivity index (χ2n) is 7.27. The number of pyridine rings is 1. The molecule has 32 heavy (non-hydrogen) atoms. The fourth-order valence-electron chi connectivity index (χ4n) is 4.04. The number of hydrogen-bond donors (Lipinski definition) is 0. The summed E-state index contributed by atoms with van der Waals surface area (Å²) in [6.07, 6.45) is 1.36. The monoisotopic (exact) mass is 481 g/mol. The molecule has 8 nitrogen and oxygen atoms in total. The first-order chi connectivity index (χ1) is 15.4. The van der Waals surface area contributed by atoms with Crippen molar-refractivity contribution in [1.29, 1.82) is 0 Å². The average molecular weight is 482 g/mol. The van der Waals surface area contributed by atoms with E-state index in [4.69, 9.17) is 27.9 Å². The number of ether oxygens (including phenoxy) is 2. The number of carbonyl (C=O) groups is 1. The van der Waals surface area contributed by atoms with Crippen LogP contribution in [0.2, 0.25) is 10.0 Å². The molecule has 166 valence electrons. The number of fused-ring (bicyclic) bond motifs is 4. The fourth-order valence-corrected chi connectivity index (χ4v) is 4.42. The smallest absolute Gasteiger partial charge is 0.387 e. The Morgan fingerprint density at radius 2 is 2.06 bits per heavy atom. The molecular formula is C20H15Cl2F2N5O3. The molecule has 5 rings (SSSR count). The van der Waals surface area contributed by atoms with Crippen LogP contribution >= 0.6 is 23.2 Å². The second-order valence-corrected chi connectivity index (χ2v) is 8.05. The van der Waals surface area contributed by atoms with Gasteiger partial charge in [0.15, 0.2) is 11.6 Å². The molecule has 1 saturated heterocycles. The molecule has 2 bridgehead atoms. The first kappa shape index (κ1) is 21.0. The van der Waals surface area contributed by atoms with E-state index in [1.807, 2.05) is 4.57 Å². The molecule has 0 unspecified atom stereocenters. The third-order valence-corrected chi connectivity index (χ3v) is 6.21. The molecule has 12 heteroatoms. The third-order valence-electron chi connectivity index (χ3n) is 5.39. The average Bonchev–Trinajstić information content (AvgIpc) is 3.18. The van der Waals surface area contributed by atoms with Gasteiger partial charge in [0.05, 0.1) is 34.9 Å². The predicted molar refractivity (Wildman–Crippen MR) is 110 cm³/mol. The van der Waals surface area contributed by atoms with Crippen LogP contribution in [0.4, 0.5) is 8.78 Å². The predicted octanol–water partition coefficient (Wildman–Crippen LogP) is 3.84. The van der Waals surface area contributed by atoms with E-state index in [1.54, 1.807) is 23.1 Å². The molecular weight excluding hydrogens is 467 g/mol. The highest BCUT2D eigenvalue weighted by atomic mass is 35.5. The van der Waals surface area contributed by atoms with Gasteiger partial charge < -0.3 is 18.9 Å². The summed E-state index contributed by atoms with van der Waals surface area (Å²) in [6.45, 7) is -2.09. The zero-order valence-electron chi connectivity index (χ0n) is 16.3. The van der Waals surface area contributed by atoms with Crippen LogP contribution in [-0.4, -0.2) is 56.4 Å². The van der Waals surface area contributed by atoms with E-state index in [0.717, 1.165) is 0 Å². The Morgan fingerprint density at radius 3 is 2.88 bits per heavy atom. The maximum Gasteiger partial charge on any atom is 0.387 e. The van der Waals surface area contributed by atoms with Crippen LogP contribution in [0, 0.1) is 0 Å². The van der Waals surface area contributed by atoms with Gasteiger partial charge in [-0.25, -0.2) is 0 Å². The quantitative estimate of drug-likeness (QED) is 0.562. The van der Waals surface area contributed by atoms with Gasteiger partial charge >= 0.3 is 6.61 Å². The van der Waals surface area contributed by atoms with Crippen LogP contribution in [0.1, 0.15) is 22.2 Å². The minimum atomic E-state index is -2.95. The van der Waals surface area contributed by atoms with Gasteiger partial charge in [0.2, 0.25) is 0 Å². The van der Waals surface area contributed by atoms with E-state index in [-0.39, 0.29) is 29.3 Å². The minimum Gasteiger partial charge on any atom is -0.435 e. The molecule has 1 amide bonds. The van der Waals surface area contributed by atoms with Crippen LogP contribution in [-0.2, 0) is 11.3 Å². The Morgan fingerprint density at radius 1 is 1.22 bits per heavy atom. The molecule has 3 aromatic rings. The van der Waals surface area contributed by atoms with Crippen molar-refractivity contribution in [2.45, 2.75) is 25.2 Å². The lowest BCUT2D eigenvalue weighted by Crippen LogP contribution is -2.56. The first-order valence-electron chi connectivity index (χ1n) is 9.62. The summed E-state index contributed by atoms with van der Waals surface area (Å²) in [7, 11) is 0. The van der Waals surface area contributed by atoms with Crippen LogP contribution in [0.15, 0.2) is 36.5 Å². The highest BCUT2D eigenvalue weighted by Gasteiger charge is 2.44. The van der Waals surface area contributed by atoms with E-state index < -0.39 is 12.7 Å². The summed E-state index contributed by atoms with van der Waals surface area (Å²) in [5.74, 6) is 0.583.